The Morgan fingerprint density at radius 2 is 1.76 bits per heavy atom. The maximum atomic E-state index is 15.0. The SMILES string of the molecule is CN1CCN(C(=O)CCC(NC(=O)C=Cc2c(-n3cnnn3)ccc(Cl)c2F)C(=O)Nc2ccc(C(=O)OC(C)(C)C)cc2)CC1. The lowest BCUT2D eigenvalue weighted by Gasteiger charge is -2.32. The molecule has 2 aromatic carbocycles. The van der Waals surface area contributed by atoms with E-state index in [9.17, 15) is 23.6 Å². The van der Waals surface area contributed by atoms with Crippen LogP contribution in [0.2, 0.25) is 5.02 Å². The molecule has 2 heterocycles. The quantitative estimate of drug-likeness (QED) is 0.248. The number of nitrogens with zero attached hydrogens (tertiary/aromatic N) is 6. The third kappa shape index (κ3) is 9.41. The number of nitrogens with one attached hydrogen (secondary N) is 2. The molecule has 1 aliphatic heterocycles. The smallest absolute Gasteiger partial charge is 0.338 e. The number of hydrogen-bond donors (Lipinski definition) is 2. The number of anilines is 1. The van der Waals surface area contributed by atoms with Gasteiger partial charge in [-0.25, -0.2) is 9.18 Å². The van der Waals surface area contributed by atoms with Gasteiger partial charge in [0.15, 0.2) is 5.82 Å². The zero-order valence-electron chi connectivity index (χ0n) is 26.0. The van der Waals surface area contributed by atoms with Crippen molar-refractivity contribution in [3.05, 3.63) is 70.8 Å². The minimum atomic E-state index is -1.12. The first-order chi connectivity index (χ1) is 21.8. The molecule has 13 nitrogen and oxygen atoms in total. The Labute approximate surface area is 270 Å². The number of tetrazole rings is 1. The first-order valence-corrected chi connectivity index (χ1v) is 15.0. The van der Waals surface area contributed by atoms with Gasteiger partial charge in [-0.2, -0.15) is 4.68 Å². The van der Waals surface area contributed by atoms with E-state index in [-0.39, 0.29) is 35.0 Å². The van der Waals surface area contributed by atoms with Crippen LogP contribution in [0.1, 0.15) is 49.5 Å². The van der Waals surface area contributed by atoms with Crippen LogP contribution in [0, 0.1) is 5.82 Å². The second-order valence-electron chi connectivity index (χ2n) is 11.7. The molecule has 46 heavy (non-hydrogen) atoms. The molecule has 15 heteroatoms. The van der Waals surface area contributed by atoms with Crippen LogP contribution in [-0.4, -0.2) is 98.6 Å². The van der Waals surface area contributed by atoms with Crippen molar-refractivity contribution in [3.63, 3.8) is 0 Å². The van der Waals surface area contributed by atoms with Gasteiger partial charge >= 0.3 is 5.97 Å². The van der Waals surface area contributed by atoms with E-state index in [1.165, 1.54) is 53.5 Å². The van der Waals surface area contributed by atoms with Gasteiger partial charge in [0.05, 0.1) is 16.3 Å². The van der Waals surface area contributed by atoms with Crippen LogP contribution in [-0.2, 0) is 19.1 Å². The predicted molar refractivity (Wildman–Crippen MR) is 169 cm³/mol. The number of halogens is 2. The standard InChI is InChI=1S/C31H36ClFN8O5/c1-31(2,3)46-30(45)20-5-7-21(8-6-20)35-29(44)24(11-14-27(43)40-17-15-39(4)16-18-40)36-26(42)13-9-22-25(41-19-34-37-38-41)12-10-23(32)28(22)33/h5-10,12-13,19,24H,11,14-18H2,1-4H3,(H,35,44)(H,36,42). The van der Waals surface area contributed by atoms with E-state index in [4.69, 9.17) is 16.3 Å². The van der Waals surface area contributed by atoms with Crippen LogP contribution in [0.5, 0.6) is 0 Å². The molecular formula is C31H36ClFN8O5. The topological polar surface area (TPSA) is 152 Å². The van der Waals surface area contributed by atoms with Crippen molar-refractivity contribution in [3.8, 4) is 5.69 Å². The highest BCUT2D eigenvalue weighted by molar-refractivity contribution is 6.31. The minimum Gasteiger partial charge on any atom is -0.456 e. The van der Waals surface area contributed by atoms with E-state index in [2.05, 4.69) is 31.1 Å². The van der Waals surface area contributed by atoms with E-state index in [0.29, 0.717) is 24.3 Å². The molecule has 3 aromatic rings. The summed E-state index contributed by atoms with van der Waals surface area (Å²) in [5.74, 6) is -2.73. The second kappa shape index (κ2) is 15.1. The molecule has 0 radical (unpaired) electrons. The van der Waals surface area contributed by atoms with Crippen LogP contribution in [0.25, 0.3) is 11.8 Å². The average molecular weight is 655 g/mol. The number of hydrogen-bond acceptors (Lipinski definition) is 9. The van der Waals surface area contributed by atoms with Crippen LogP contribution in [0.3, 0.4) is 0 Å². The lowest BCUT2D eigenvalue weighted by molar-refractivity contribution is -0.133. The maximum absolute atomic E-state index is 15.0. The molecule has 1 atom stereocenters. The monoisotopic (exact) mass is 654 g/mol. The third-order valence-corrected chi connectivity index (χ3v) is 7.32. The number of rotatable bonds is 10. The summed E-state index contributed by atoms with van der Waals surface area (Å²) in [6.07, 6.45) is 3.54. The van der Waals surface area contributed by atoms with Crippen molar-refractivity contribution in [2.24, 2.45) is 0 Å². The fourth-order valence-electron chi connectivity index (χ4n) is 4.57. The van der Waals surface area contributed by atoms with Gasteiger partial charge in [-0.15, -0.1) is 5.10 Å². The Balaban J connectivity index is 1.49. The lowest BCUT2D eigenvalue weighted by atomic mass is 10.1. The van der Waals surface area contributed by atoms with Gasteiger partial charge in [0.2, 0.25) is 17.7 Å². The molecule has 3 amide bonds. The number of benzene rings is 2. The van der Waals surface area contributed by atoms with Crippen LogP contribution in [0.15, 0.2) is 48.8 Å². The second-order valence-corrected chi connectivity index (χ2v) is 12.1. The third-order valence-electron chi connectivity index (χ3n) is 7.03. The number of likely N-dealkylation sites (N-methyl/N-ethyl adjacent to an activating group) is 1. The highest BCUT2D eigenvalue weighted by atomic mass is 35.5. The van der Waals surface area contributed by atoms with Gasteiger partial charge in [-0.1, -0.05) is 11.6 Å². The molecule has 4 rings (SSSR count). The van der Waals surface area contributed by atoms with E-state index in [1.807, 2.05) is 7.05 Å². The number of ether oxygens (including phenoxy) is 1. The number of amides is 3. The predicted octanol–water partition coefficient (Wildman–Crippen LogP) is 3.10. The zero-order chi connectivity index (χ0) is 33.4. The average Bonchev–Trinajstić information content (AvgIpc) is 3.54. The fraction of sp³-hybridized carbons (Fsp3) is 0.387. The fourth-order valence-corrected chi connectivity index (χ4v) is 4.74. The molecule has 0 spiro atoms. The summed E-state index contributed by atoms with van der Waals surface area (Å²) in [5.41, 5.74) is 0.183. The number of carbonyl (C=O) groups is 4. The van der Waals surface area contributed by atoms with Gasteiger partial charge < -0.3 is 25.2 Å². The van der Waals surface area contributed by atoms with E-state index < -0.39 is 35.2 Å². The first-order valence-electron chi connectivity index (χ1n) is 14.6. The molecule has 1 aliphatic rings. The van der Waals surface area contributed by atoms with Crippen LogP contribution in [0.4, 0.5) is 10.1 Å². The Bertz CT molecular complexity index is 1580. The molecule has 1 unspecified atom stereocenters. The number of esters is 1. The summed E-state index contributed by atoms with van der Waals surface area (Å²) in [7, 11) is 1.98. The Hall–Kier alpha value is -4.69. The molecule has 0 saturated carbocycles. The summed E-state index contributed by atoms with van der Waals surface area (Å²) in [4.78, 5) is 55.6. The largest absolute Gasteiger partial charge is 0.456 e. The van der Waals surface area contributed by atoms with E-state index >= 15 is 0 Å². The summed E-state index contributed by atoms with van der Waals surface area (Å²) < 4.78 is 21.6. The van der Waals surface area contributed by atoms with Crippen LogP contribution >= 0.6 is 11.6 Å². The molecule has 0 bridgehead atoms. The molecule has 244 valence electrons. The van der Waals surface area contributed by atoms with Crippen molar-refractivity contribution < 1.29 is 28.3 Å². The Kier molecular flexibility index (Phi) is 11.2. The highest BCUT2D eigenvalue weighted by Gasteiger charge is 2.25. The Morgan fingerprint density at radius 3 is 2.39 bits per heavy atom. The summed E-state index contributed by atoms with van der Waals surface area (Å²) in [5, 5.41) is 16.0. The maximum Gasteiger partial charge on any atom is 0.338 e. The molecule has 1 aromatic heterocycles. The van der Waals surface area contributed by atoms with Crippen molar-refractivity contribution >= 4 is 47.1 Å². The van der Waals surface area contributed by atoms with Crippen molar-refractivity contribution in [1.82, 2.24) is 35.3 Å². The molecule has 2 N–H and O–H groups in total. The van der Waals surface area contributed by atoms with Gasteiger partial charge in [0, 0.05) is 49.9 Å². The molecule has 1 fully saturated rings. The zero-order valence-corrected chi connectivity index (χ0v) is 26.8. The number of carbonyl (C=O) groups excluding carboxylic acids is 4. The minimum absolute atomic E-state index is 0.00792. The number of aromatic nitrogens is 4. The lowest BCUT2D eigenvalue weighted by Crippen LogP contribution is -2.48. The summed E-state index contributed by atoms with van der Waals surface area (Å²) in [6.45, 7) is 7.90. The van der Waals surface area contributed by atoms with Crippen molar-refractivity contribution in [1.29, 1.82) is 0 Å². The van der Waals surface area contributed by atoms with Gasteiger partial charge in [-0.05, 0) is 87.1 Å². The van der Waals surface area contributed by atoms with E-state index in [1.54, 1.807) is 25.7 Å². The van der Waals surface area contributed by atoms with Gasteiger partial charge in [0.1, 0.15) is 18.0 Å². The van der Waals surface area contributed by atoms with Crippen molar-refractivity contribution in [2.45, 2.75) is 45.3 Å². The van der Waals surface area contributed by atoms with Crippen molar-refractivity contribution in [2.75, 3.05) is 38.5 Å². The molecular weight excluding hydrogens is 619 g/mol. The molecule has 1 saturated heterocycles. The van der Waals surface area contributed by atoms with Gasteiger partial charge in [0.25, 0.3) is 0 Å². The summed E-state index contributed by atoms with van der Waals surface area (Å²) in [6, 6.07) is 7.80. The molecule has 0 aliphatic carbocycles. The normalized spacial score (nSPS) is 14.6. The number of piperazine rings is 1. The first kappa shape index (κ1) is 34.2. The van der Waals surface area contributed by atoms with E-state index in [0.717, 1.165) is 19.2 Å². The van der Waals surface area contributed by atoms with Crippen LogP contribution < -0.4 is 10.6 Å². The highest BCUT2D eigenvalue weighted by Crippen LogP contribution is 2.25. The Morgan fingerprint density at radius 1 is 1.07 bits per heavy atom. The van der Waals surface area contributed by atoms with Gasteiger partial charge in [-0.3, -0.25) is 14.4 Å². The summed E-state index contributed by atoms with van der Waals surface area (Å²) >= 11 is 5.98.